The number of carbonyl (C=O) groups excluding carboxylic acids is 1. The summed E-state index contributed by atoms with van der Waals surface area (Å²) < 4.78 is 26.8. The Hall–Kier alpha value is -1.24. The molecule has 1 aliphatic rings. The summed E-state index contributed by atoms with van der Waals surface area (Å²) in [5, 5.41) is 10.1. The van der Waals surface area contributed by atoms with Gasteiger partial charge in [0.1, 0.15) is 0 Å². The molecule has 0 amide bonds. The van der Waals surface area contributed by atoms with Crippen molar-refractivity contribution in [3.05, 3.63) is 29.8 Å². The highest BCUT2D eigenvalue weighted by Gasteiger charge is 2.23. The van der Waals surface area contributed by atoms with Gasteiger partial charge in [-0.2, -0.15) is 0 Å². The van der Waals surface area contributed by atoms with Gasteiger partial charge in [0, 0.05) is 12.1 Å². The number of ketones is 1. The van der Waals surface area contributed by atoms with Crippen molar-refractivity contribution in [2.24, 2.45) is 5.92 Å². The van der Waals surface area contributed by atoms with E-state index in [1.165, 1.54) is 37.6 Å². The van der Waals surface area contributed by atoms with Gasteiger partial charge < -0.3 is 5.11 Å². The molecule has 0 spiro atoms. The molecule has 22 heavy (non-hydrogen) atoms. The number of carbonyl (C=O) groups is 1. The van der Waals surface area contributed by atoms with Gasteiger partial charge in [-0.15, -0.1) is 0 Å². The molecule has 0 aliphatic heterocycles. The van der Waals surface area contributed by atoms with E-state index in [2.05, 4.69) is 4.72 Å². The molecule has 0 heterocycles. The van der Waals surface area contributed by atoms with E-state index >= 15 is 0 Å². The van der Waals surface area contributed by atoms with Gasteiger partial charge in [-0.1, -0.05) is 31.4 Å². The number of hydrogen-bond acceptors (Lipinski definition) is 4. The SMILES string of the molecule is CC(=O)c1ccc(S(=O)(=O)NCC(O)C2CCCCC2)cc1. The Labute approximate surface area is 131 Å². The zero-order chi connectivity index (χ0) is 16.2. The molecule has 0 aromatic heterocycles. The second-order valence-corrected chi connectivity index (χ2v) is 7.66. The maximum absolute atomic E-state index is 12.2. The van der Waals surface area contributed by atoms with Gasteiger partial charge in [0.15, 0.2) is 5.78 Å². The molecule has 0 saturated heterocycles. The highest BCUT2D eigenvalue weighted by atomic mass is 32.2. The molecular weight excluding hydrogens is 302 g/mol. The Kier molecular flexibility index (Phi) is 5.72. The standard InChI is InChI=1S/C16H23NO4S/c1-12(18)13-7-9-15(10-8-13)22(20,21)17-11-16(19)14-5-3-2-4-6-14/h7-10,14,16-17,19H,2-6,11H2,1H3. The van der Waals surface area contributed by atoms with Crippen LogP contribution in [0.3, 0.4) is 0 Å². The molecule has 0 radical (unpaired) electrons. The molecule has 2 N–H and O–H groups in total. The third-order valence-electron chi connectivity index (χ3n) is 4.25. The number of Topliss-reactive ketones (excluding diaryl/α,β-unsaturated/α-hetero) is 1. The molecule has 6 heteroatoms. The van der Waals surface area contributed by atoms with Gasteiger partial charge in [0.05, 0.1) is 11.0 Å². The number of aliphatic hydroxyl groups excluding tert-OH is 1. The number of benzene rings is 1. The number of nitrogens with one attached hydrogen (secondary N) is 1. The number of hydrogen-bond donors (Lipinski definition) is 2. The Balaban J connectivity index is 1.96. The van der Waals surface area contributed by atoms with Gasteiger partial charge in [0.25, 0.3) is 0 Å². The highest BCUT2D eigenvalue weighted by molar-refractivity contribution is 7.89. The van der Waals surface area contributed by atoms with Gasteiger partial charge in [0.2, 0.25) is 10.0 Å². The number of aliphatic hydroxyl groups is 1. The fourth-order valence-corrected chi connectivity index (χ4v) is 3.88. The second kappa shape index (κ2) is 7.35. The minimum absolute atomic E-state index is 0.0292. The summed E-state index contributed by atoms with van der Waals surface area (Å²) in [4.78, 5) is 11.3. The fraction of sp³-hybridized carbons (Fsp3) is 0.562. The largest absolute Gasteiger partial charge is 0.391 e. The first-order chi connectivity index (χ1) is 10.4. The van der Waals surface area contributed by atoms with Crippen LogP contribution in [0.2, 0.25) is 0 Å². The van der Waals surface area contributed by atoms with Crippen molar-refractivity contribution in [2.75, 3.05) is 6.54 Å². The maximum Gasteiger partial charge on any atom is 0.240 e. The van der Waals surface area contributed by atoms with E-state index in [1.807, 2.05) is 0 Å². The quantitative estimate of drug-likeness (QED) is 0.785. The predicted molar refractivity (Wildman–Crippen MR) is 84.2 cm³/mol. The number of rotatable bonds is 6. The lowest BCUT2D eigenvalue weighted by Gasteiger charge is -2.26. The van der Waals surface area contributed by atoms with Crippen LogP contribution in [0.25, 0.3) is 0 Å². The highest BCUT2D eigenvalue weighted by Crippen LogP contribution is 2.26. The molecule has 1 aromatic rings. The summed E-state index contributed by atoms with van der Waals surface area (Å²) >= 11 is 0. The molecule has 2 rings (SSSR count). The molecule has 5 nitrogen and oxygen atoms in total. The van der Waals surface area contributed by atoms with Crippen LogP contribution < -0.4 is 4.72 Å². The van der Waals surface area contributed by atoms with Crippen molar-refractivity contribution in [3.63, 3.8) is 0 Å². The first kappa shape index (κ1) is 17.1. The first-order valence-corrected chi connectivity index (χ1v) is 9.17. The zero-order valence-corrected chi connectivity index (χ0v) is 13.6. The van der Waals surface area contributed by atoms with E-state index in [9.17, 15) is 18.3 Å². The molecule has 1 aromatic carbocycles. The third kappa shape index (κ3) is 4.38. The molecular formula is C16H23NO4S. The Morgan fingerprint density at radius 3 is 2.36 bits per heavy atom. The smallest absolute Gasteiger partial charge is 0.240 e. The van der Waals surface area contributed by atoms with Crippen LogP contribution in [-0.4, -0.2) is 32.0 Å². The summed E-state index contributed by atoms with van der Waals surface area (Å²) in [6, 6.07) is 5.81. The van der Waals surface area contributed by atoms with Crippen LogP contribution in [0.4, 0.5) is 0 Å². The van der Waals surface area contributed by atoms with E-state index in [4.69, 9.17) is 0 Å². The Morgan fingerprint density at radius 1 is 1.23 bits per heavy atom. The minimum Gasteiger partial charge on any atom is -0.391 e. The van der Waals surface area contributed by atoms with Crippen molar-refractivity contribution < 1.29 is 18.3 Å². The number of sulfonamides is 1. The van der Waals surface area contributed by atoms with E-state index in [1.54, 1.807) is 0 Å². The van der Waals surface area contributed by atoms with Crippen LogP contribution in [0.5, 0.6) is 0 Å². The van der Waals surface area contributed by atoms with Crippen molar-refractivity contribution in [1.82, 2.24) is 4.72 Å². The normalized spacial score (nSPS) is 18.1. The summed E-state index contributed by atoms with van der Waals surface area (Å²) in [5.74, 6) is 0.0705. The topological polar surface area (TPSA) is 83.5 Å². The minimum atomic E-state index is -3.66. The zero-order valence-electron chi connectivity index (χ0n) is 12.8. The van der Waals surface area contributed by atoms with Gasteiger partial charge in [-0.3, -0.25) is 4.79 Å². The lowest BCUT2D eigenvalue weighted by molar-refractivity contribution is 0.0888. The van der Waals surface area contributed by atoms with Crippen molar-refractivity contribution in [3.8, 4) is 0 Å². The van der Waals surface area contributed by atoms with Crippen LogP contribution in [0.15, 0.2) is 29.2 Å². The van der Waals surface area contributed by atoms with Gasteiger partial charge in [-0.05, 0) is 37.8 Å². The average molecular weight is 325 g/mol. The summed E-state index contributed by atoms with van der Waals surface area (Å²) in [6.07, 6.45) is 4.65. The second-order valence-electron chi connectivity index (χ2n) is 5.90. The average Bonchev–Trinajstić information content (AvgIpc) is 2.53. The van der Waals surface area contributed by atoms with Crippen molar-refractivity contribution in [1.29, 1.82) is 0 Å². The monoisotopic (exact) mass is 325 g/mol. The molecule has 1 saturated carbocycles. The maximum atomic E-state index is 12.2. The summed E-state index contributed by atoms with van der Waals surface area (Å²) in [5.41, 5.74) is 0.473. The van der Waals surface area contributed by atoms with Crippen LogP contribution in [0, 0.1) is 5.92 Å². The molecule has 1 aliphatic carbocycles. The van der Waals surface area contributed by atoms with Gasteiger partial charge >= 0.3 is 0 Å². The van der Waals surface area contributed by atoms with E-state index in [0.717, 1.165) is 25.7 Å². The summed E-state index contributed by atoms with van der Waals surface area (Å²) in [7, 11) is -3.66. The van der Waals surface area contributed by atoms with Crippen LogP contribution in [0.1, 0.15) is 49.4 Å². The Bertz CT molecular complexity index is 604. The summed E-state index contributed by atoms with van der Waals surface area (Å²) in [6.45, 7) is 1.46. The van der Waals surface area contributed by atoms with E-state index in [0.29, 0.717) is 5.56 Å². The van der Waals surface area contributed by atoms with Crippen molar-refractivity contribution in [2.45, 2.75) is 50.0 Å². The Morgan fingerprint density at radius 2 is 1.82 bits per heavy atom. The molecule has 1 atom stereocenters. The van der Waals surface area contributed by atoms with E-state index < -0.39 is 16.1 Å². The first-order valence-electron chi connectivity index (χ1n) is 7.69. The fourth-order valence-electron chi connectivity index (χ4n) is 2.83. The van der Waals surface area contributed by atoms with Crippen molar-refractivity contribution >= 4 is 15.8 Å². The molecule has 1 unspecified atom stereocenters. The molecule has 0 bridgehead atoms. The third-order valence-corrected chi connectivity index (χ3v) is 5.69. The lowest BCUT2D eigenvalue weighted by Crippen LogP contribution is -2.37. The molecule has 1 fully saturated rings. The lowest BCUT2D eigenvalue weighted by atomic mass is 9.85. The van der Waals surface area contributed by atoms with E-state index in [-0.39, 0.29) is 23.1 Å². The molecule has 122 valence electrons. The van der Waals surface area contributed by atoms with Crippen LogP contribution >= 0.6 is 0 Å². The van der Waals surface area contributed by atoms with Crippen LogP contribution in [-0.2, 0) is 10.0 Å². The van der Waals surface area contributed by atoms with Gasteiger partial charge in [-0.25, -0.2) is 13.1 Å². The predicted octanol–water partition coefficient (Wildman–Crippen LogP) is 2.11.